The largest absolute Gasteiger partial charge is 0.484 e. The molecule has 2 amide bonds. The minimum absolute atomic E-state index is 0.0631. The Balaban J connectivity index is 1.55. The number of aliphatic carboxylic acids is 1. The molecule has 0 aliphatic carbocycles. The molecule has 1 N–H and O–H groups in total. The third kappa shape index (κ3) is 4.15. The first-order valence-electron chi connectivity index (χ1n) is 9.05. The average Bonchev–Trinajstić information content (AvgIpc) is 3.16. The molecule has 0 spiro atoms. The highest BCUT2D eigenvalue weighted by atomic mass is 16.5. The molecule has 140 valence electrons. The van der Waals surface area contributed by atoms with Gasteiger partial charge in [0.25, 0.3) is 5.91 Å². The molecule has 2 atom stereocenters. The van der Waals surface area contributed by atoms with Crippen LogP contribution in [0.2, 0.25) is 0 Å². The number of benzene rings is 1. The van der Waals surface area contributed by atoms with E-state index in [0.717, 1.165) is 6.42 Å². The van der Waals surface area contributed by atoms with E-state index in [-0.39, 0.29) is 24.3 Å². The van der Waals surface area contributed by atoms with Crippen LogP contribution in [0.4, 0.5) is 0 Å². The lowest BCUT2D eigenvalue weighted by Gasteiger charge is -2.34. The van der Waals surface area contributed by atoms with Crippen molar-refractivity contribution in [3.63, 3.8) is 0 Å². The monoisotopic (exact) mass is 360 g/mol. The Morgan fingerprint density at radius 3 is 2.54 bits per heavy atom. The molecule has 2 aliphatic rings. The van der Waals surface area contributed by atoms with Gasteiger partial charge in [-0.1, -0.05) is 18.2 Å². The van der Waals surface area contributed by atoms with E-state index in [4.69, 9.17) is 4.74 Å². The van der Waals surface area contributed by atoms with Gasteiger partial charge in [-0.25, -0.2) is 4.79 Å². The number of carbonyl (C=O) groups is 3. The zero-order valence-electron chi connectivity index (χ0n) is 14.7. The fourth-order valence-corrected chi connectivity index (χ4v) is 3.68. The number of carboxylic acids is 1. The van der Waals surface area contributed by atoms with Crippen molar-refractivity contribution in [2.24, 2.45) is 5.92 Å². The maximum absolute atomic E-state index is 12.8. The normalized spacial score (nSPS) is 22.9. The van der Waals surface area contributed by atoms with Crippen molar-refractivity contribution in [1.82, 2.24) is 9.80 Å². The highest BCUT2D eigenvalue weighted by Gasteiger charge is 2.38. The van der Waals surface area contributed by atoms with E-state index in [0.29, 0.717) is 44.6 Å². The summed E-state index contributed by atoms with van der Waals surface area (Å²) in [7, 11) is 0. The van der Waals surface area contributed by atoms with Crippen LogP contribution >= 0.6 is 0 Å². The van der Waals surface area contributed by atoms with E-state index < -0.39 is 12.0 Å². The van der Waals surface area contributed by atoms with Crippen molar-refractivity contribution in [3.8, 4) is 5.75 Å². The molecule has 2 fully saturated rings. The Morgan fingerprint density at radius 1 is 1.08 bits per heavy atom. The summed E-state index contributed by atoms with van der Waals surface area (Å²) in [6, 6.07) is 8.40. The topological polar surface area (TPSA) is 87.2 Å². The highest BCUT2D eigenvalue weighted by Crippen LogP contribution is 2.25. The molecule has 7 heteroatoms. The Bertz CT molecular complexity index is 663. The predicted octanol–water partition coefficient (Wildman–Crippen LogP) is 1.38. The van der Waals surface area contributed by atoms with Crippen LogP contribution in [0.15, 0.2) is 30.3 Å². The number of amides is 2. The molecule has 0 radical (unpaired) electrons. The number of nitrogens with zero attached hydrogens (tertiary/aromatic N) is 2. The molecule has 0 aromatic heterocycles. The van der Waals surface area contributed by atoms with Crippen LogP contribution in [0.3, 0.4) is 0 Å². The highest BCUT2D eigenvalue weighted by molar-refractivity contribution is 5.86. The number of carbonyl (C=O) groups excluding carboxylic acids is 2. The van der Waals surface area contributed by atoms with E-state index in [2.05, 4.69) is 0 Å². The number of piperidine rings is 1. The summed E-state index contributed by atoms with van der Waals surface area (Å²) in [5.41, 5.74) is 0. The number of hydrogen-bond acceptors (Lipinski definition) is 4. The SMILES string of the molecule is O=C(O)[C@H]1CCCN1C(=O)C1CCCN(C(=O)COc2ccccc2)C1. The van der Waals surface area contributed by atoms with E-state index in [9.17, 15) is 19.5 Å². The number of carboxylic acid groups (broad SMARTS) is 1. The first kappa shape index (κ1) is 18.2. The lowest BCUT2D eigenvalue weighted by molar-refractivity contribution is -0.151. The molecule has 7 nitrogen and oxygen atoms in total. The summed E-state index contributed by atoms with van der Waals surface area (Å²) in [6.45, 7) is 1.35. The summed E-state index contributed by atoms with van der Waals surface area (Å²) in [5.74, 6) is -0.939. The minimum atomic E-state index is -0.948. The molecular formula is C19H24N2O5. The predicted molar refractivity (Wildman–Crippen MR) is 93.6 cm³/mol. The Hall–Kier alpha value is -2.57. The van der Waals surface area contributed by atoms with Gasteiger partial charge in [0.05, 0.1) is 5.92 Å². The molecule has 0 saturated carbocycles. The van der Waals surface area contributed by atoms with Crippen molar-refractivity contribution in [2.75, 3.05) is 26.2 Å². The smallest absolute Gasteiger partial charge is 0.326 e. The van der Waals surface area contributed by atoms with Crippen LogP contribution in [-0.4, -0.2) is 65.0 Å². The van der Waals surface area contributed by atoms with Crippen LogP contribution in [0.5, 0.6) is 5.75 Å². The second-order valence-electron chi connectivity index (χ2n) is 6.81. The average molecular weight is 360 g/mol. The summed E-state index contributed by atoms with van der Waals surface area (Å²) in [4.78, 5) is 39.6. The molecule has 1 unspecified atom stereocenters. The van der Waals surface area contributed by atoms with Gasteiger partial charge in [-0.15, -0.1) is 0 Å². The van der Waals surface area contributed by atoms with E-state index >= 15 is 0 Å². The summed E-state index contributed by atoms with van der Waals surface area (Å²) < 4.78 is 5.50. The molecular weight excluding hydrogens is 336 g/mol. The van der Waals surface area contributed by atoms with Gasteiger partial charge in [0.1, 0.15) is 11.8 Å². The second-order valence-corrected chi connectivity index (χ2v) is 6.81. The number of para-hydroxylation sites is 1. The first-order chi connectivity index (χ1) is 12.6. The van der Waals surface area contributed by atoms with Gasteiger partial charge < -0.3 is 19.6 Å². The summed E-state index contributed by atoms with van der Waals surface area (Å²) >= 11 is 0. The molecule has 1 aromatic rings. The number of hydrogen-bond donors (Lipinski definition) is 1. The lowest BCUT2D eigenvalue weighted by Crippen LogP contribution is -2.50. The van der Waals surface area contributed by atoms with Crippen LogP contribution < -0.4 is 4.74 Å². The fourth-order valence-electron chi connectivity index (χ4n) is 3.68. The maximum atomic E-state index is 12.8. The first-order valence-corrected chi connectivity index (χ1v) is 9.05. The van der Waals surface area contributed by atoms with E-state index in [1.54, 1.807) is 17.0 Å². The Morgan fingerprint density at radius 2 is 1.81 bits per heavy atom. The molecule has 1 aromatic carbocycles. The quantitative estimate of drug-likeness (QED) is 0.857. The minimum Gasteiger partial charge on any atom is -0.484 e. The van der Waals surface area contributed by atoms with Gasteiger partial charge in [0.2, 0.25) is 5.91 Å². The maximum Gasteiger partial charge on any atom is 0.326 e. The van der Waals surface area contributed by atoms with Gasteiger partial charge in [0, 0.05) is 19.6 Å². The summed E-state index contributed by atoms with van der Waals surface area (Å²) in [5, 5.41) is 9.27. The lowest BCUT2D eigenvalue weighted by atomic mass is 9.96. The van der Waals surface area contributed by atoms with Gasteiger partial charge in [0.15, 0.2) is 6.61 Å². The zero-order chi connectivity index (χ0) is 18.5. The third-order valence-electron chi connectivity index (χ3n) is 5.05. The Labute approximate surface area is 152 Å². The molecule has 2 heterocycles. The van der Waals surface area contributed by atoms with Crippen LogP contribution in [-0.2, 0) is 14.4 Å². The van der Waals surface area contributed by atoms with E-state index in [1.807, 2.05) is 18.2 Å². The number of likely N-dealkylation sites (tertiary alicyclic amines) is 2. The van der Waals surface area contributed by atoms with Crippen molar-refractivity contribution >= 4 is 17.8 Å². The van der Waals surface area contributed by atoms with Crippen molar-refractivity contribution in [2.45, 2.75) is 31.7 Å². The molecule has 2 saturated heterocycles. The van der Waals surface area contributed by atoms with Crippen molar-refractivity contribution in [1.29, 1.82) is 0 Å². The molecule has 2 aliphatic heterocycles. The molecule has 26 heavy (non-hydrogen) atoms. The molecule has 3 rings (SSSR count). The second kappa shape index (κ2) is 8.21. The van der Waals surface area contributed by atoms with Gasteiger partial charge in [-0.3, -0.25) is 9.59 Å². The van der Waals surface area contributed by atoms with Gasteiger partial charge in [-0.2, -0.15) is 0 Å². The summed E-state index contributed by atoms with van der Waals surface area (Å²) in [6.07, 6.45) is 2.63. The number of rotatable bonds is 5. The van der Waals surface area contributed by atoms with Crippen LogP contribution in [0.1, 0.15) is 25.7 Å². The third-order valence-corrected chi connectivity index (χ3v) is 5.05. The van der Waals surface area contributed by atoms with Gasteiger partial charge in [-0.05, 0) is 37.8 Å². The number of ether oxygens (including phenoxy) is 1. The van der Waals surface area contributed by atoms with Crippen LogP contribution in [0.25, 0.3) is 0 Å². The molecule has 0 bridgehead atoms. The Kier molecular flexibility index (Phi) is 5.75. The fraction of sp³-hybridized carbons (Fsp3) is 0.526. The van der Waals surface area contributed by atoms with Crippen LogP contribution in [0, 0.1) is 5.92 Å². The van der Waals surface area contributed by atoms with Crippen molar-refractivity contribution in [3.05, 3.63) is 30.3 Å². The van der Waals surface area contributed by atoms with Crippen molar-refractivity contribution < 1.29 is 24.2 Å². The standard InChI is InChI=1S/C19H24N2O5/c22-17(13-26-15-7-2-1-3-8-15)20-10-4-6-14(12-20)18(23)21-11-5-9-16(21)19(24)25/h1-3,7-8,14,16H,4-6,9-13H2,(H,24,25)/t14?,16-/m1/s1. The van der Waals surface area contributed by atoms with E-state index in [1.165, 1.54) is 4.90 Å². The van der Waals surface area contributed by atoms with Gasteiger partial charge >= 0.3 is 5.97 Å². The zero-order valence-corrected chi connectivity index (χ0v) is 14.7.